The van der Waals surface area contributed by atoms with Crippen LogP contribution in [0.1, 0.15) is 25.7 Å². The molecule has 0 saturated carbocycles. The quantitative estimate of drug-likeness (QED) is 0.719. The van der Waals surface area contributed by atoms with Gasteiger partial charge in [0, 0.05) is 39.5 Å². The molecule has 2 aliphatic heterocycles. The summed E-state index contributed by atoms with van der Waals surface area (Å²) in [5.41, 5.74) is 0. The molecule has 2 unspecified atom stereocenters. The molecule has 0 spiro atoms. The molecule has 0 aromatic heterocycles. The van der Waals surface area contributed by atoms with Crippen LogP contribution in [0, 0.1) is 11.8 Å². The van der Waals surface area contributed by atoms with Crippen LogP contribution in [0.5, 0.6) is 0 Å². The van der Waals surface area contributed by atoms with Crippen LogP contribution in [-0.2, 0) is 14.9 Å². The van der Waals surface area contributed by atoms with Crippen molar-refractivity contribution in [1.29, 1.82) is 0 Å². The van der Waals surface area contributed by atoms with Crippen LogP contribution in [0.25, 0.3) is 0 Å². The van der Waals surface area contributed by atoms with Gasteiger partial charge in [-0.15, -0.1) is 0 Å². The van der Waals surface area contributed by atoms with E-state index in [0.717, 1.165) is 38.9 Å². The zero-order valence-electron chi connectivity index (χ0n) is 11.3. The number of piperidine rings is 1. The first-order chi connectivity index (χ1) is 9.12. The second kappa shape index (κ2) is 6.99. The van der Waals surface area contributed by atoms with E-state index in [1.54, 1.807) is 0 Å². The van der Waals surface area contributed by atoms with E-state index in [-0.39, 0.29) is 12.5 Å². The van der Waals surface area contributed by atoms with Gasteiger partial charge < -0.3 is 9.84 Å². The third-order valence-electron chi connectivity index (χ3n) is 3.94. The molecule has 2 atom stereocenters. The molecule has 0 radical (unpaired) electrons. The molecule has 0 aromatic carbocycles. The maximum absolute atomic E-state index is 12.1. The highest BCUT2D eigenvalue weighted by atomic mass is 32.2. The van der Waals surface area contributed by atoms with Crippen LogP contribution in [0.4, 0.5) is 0 Å². The lowest BCUT2D eigenvalue weighted by Gasteiger charge is -2.31. The average molecular weight is 292 g/mol. The molecule has 19 heavy (non-hydrogen) atoms. The highest BCUT2D eigenvalue weighted by Gasteiger charge is 2.28. The monoisotopic (exact) mass is 292 g/mol. The number of rotatable bonds is 6. The van der Waals surface area contributed by atoms with Crippen LogP contribution in [0.2, 0.25) is 0 Å². The standard InChI is InChI=1S/C12H24N2O4S/c15-9-12-2-1-6-14(8-12)19(16,17)13-5-3-11-4-7-18-10-11/h11-13,15H,1-10H2. The Morgan fingerprint density at radius 2 is 2.16 bits per heavy atom. The predicted molar refractivity (Wildman–Crippen MR) is 71.8 cm³/mol. The molecule has 2 fully saturated rings. The number of aliphatic hydroxyl groups excluding tert-OH is 1. The van der Waals surface area contributed by atoms with E-state index in [0.29, 0.717) is 25.6 Å². The highest BCUT2D eigenvalue weighted by Crippen LogP contribution is 2.19. The fourth-order valence-electron chi connectivity index (χ4n) is 2.69. The van der Waals surface area contributed by atoms with Crippen molar-refractivity contribution in [2.45, 2.75) is 25.7 Å². The zero-order valence-corrected chi connectivity index (χ0v) is 12.1. The molecule has 112 valence electrons. The average Bonchev–Trinajstić information content (AvgIpc) is 2.92. The van der Waals surface area contributed by atoms with Crippen LogP contribution in [0.3, 0.4) is 0 Å². The summed E-state index contributed by atoms with van der Waals surface area (Å²) >= 11 is 0. The first-order valence-electron chi connectivity index (χ1n) is 7.05. The summed E-state index contributed by atoms with van der Waals surface area (Å²) < 4.78 is 33.6. The van der Waals surface area contributed by atoms with Crippen LogP contribution < -0.4 is 4.72 Å². The first kappa shape index (κ1) is 15.2. The maximum atomic E-state index is 12.1. The molecule has 2 aliphatic rings. The fourth-order valence-corrected chi connectivity index (χ4v) is 4.02. The van der Waals surface area contributed by atoms with Crippen molar-refractivity contribution in [3.8, 4) is 0 Å². The van der Waals surface area contributed by atoms with Crippen molar-refractivity contribution in [3.05, 3.63) is 0 Å². The lowest BCUT2D eigenvalue weighted by atomic mass is 10.0. The van der Waals surface area contributed by atoms with Gasteiger partial charge >= 0.3 is 0 Å². The maximum Gasteiger partial charge on any atom is 0.279 e. The lowest BCUT2D eigenvalue weighted by Crippen LogP contribution is -2.47. The molecule has 0 bridgehead atoms. The van der Waals surface area contributed by atoms with E-state index in [4.69, 9.17) is 9.84 Å². The molecule has 6 nitrogen and oxygen atoms in total. The minimum absolute atomic E-state index is 0.0609. The van der Waals surface area contributed by atoms with Crippen molar-refractivity contribution < 1.29 is 18.3 Å². The Kier molecular flexibility index (Phi) is 5.58. The molecule has 2 rings (SSSR count). The summed E-state index contributed by atoms with van der Waals surface area (Å²) in [6, 6.07) is 0. The van der Waals surface area contributed by atoms with Gasteiger partial charge in [0.25, 0.3) is 10.2 Å². The summed E-state index contributed by atoms with van der Waals surface area (Å²) in [5, 5.41) is 9.14. The van der Waals surface area contributed by atoms with E-state index in [1.165, 1.54) is 4.31 Å². The Hall–Kier alpha value is -0.210. The fraction of sp³-hybridized carbons (Fsp3) is 1.00. The summed E-state index contributed by atoms with van der Waals surface area (Å²) in [6.07, 6.45) is 3.58. The van der Waals surface area contributed by atoms with Gasteiger partial charge in [-0.2, -0.15) is 12.7 Å². The molecule has 0 amide bonds. The van der Waals surface area contributed by atoms with Crippen molar-refractivity contribution in [1.82, 2.24) is 9.03 Å². The minimum Gasteiger partial charge on any atom is -0.396 e. The van der Waals surface area contributed by atoms with Crippen molar-refractivity contribution in [3.63, 3.8) is 0 Å². The molecule has 2 N–H and O–H groups in total. The molecular formula is C12H24N2O4S. The third-order valence-corrected chi connectivity index (χ3v) is 5.52. The number of nitrogens with zero attached hydrogens (tertiary/aromatic N) is 1. The minimum atomic E-state index is -3.39. The zero-order chi connectivity index (χ0) is 13.7. The third kappa shape index (κ3) is 4.39. The van der Waals surface area contributed by atoms with Gasteiger partial charge in [-0.1, -0.05) is 0 Å². The normalized spacial score (nSPS) is 29.7. The van der Waals surface area contributed by atoms with Crippen LogP contribution >= 0.6 is 0 Å². The first-order valence-corrected chi connectivity index (χ1v) is 8.49. The van der Waals surface area contributed by atoms with E-state index < -0.39 is 10.2 Å². The van der Waals surface area contributed by atoms with E-state index >= 15 is 0 Å². The highest BCUT2D eigenvalue weighted by molar-refractivity contribution is 7.87. The lowest BCUT2D eigenvalue weighted by molar-refractivity contribution is 0.164. The topological polar surface area (TPSA) is 78.9 Å². The number of hydrogen-bond donors (Lipinski definition) is 2. The van der Waals surface area contributed by atoms with Gasteiger partial charge in [-0.25, -0.2) is 4.72 Å². The van der Waals surface area contributed by atoms with Gasteiger partial charge in [0.15, 0.2) is 0 Å². The van der Waals surface area contributed by atoms with Gasteiger partial charge in [0.2, 0.25) is 0 Å². The molecule has 0 aliphatic carbocycles. The van der Waals surface area contributed by atoms with Gasteiger partial charge in [-0.05, 0) is 37.5 Å². The number of nitrogens with one attached hydrogen (secondary N) is 1. The molecule has 2 heterocycles. The number of hydrogen-bond acceptors (Lipinski definition) is 4. The summed E-state index contributed by atoms with van der Waals surface area (Å²) in [7, 11) is -3.39. The Bertz CT molecular complexity index is 368. The van der Waals surface area contributed by atoms with Crippen molar-refractivity contribution >= 4 is 10.2 Å². The predicted octanol–water partition coefficient (Wildman–Crippen LogP) is -0.0483. The number of aliphatic hydroxyl groups is 1. The SMILES string of the molecule is O=S(=O)(NCCC1CCOC1)N1CCCC(CO)C1. The van der Waals surface area contributed by atoms with E-state index in [2.05, 4.69) is 4.72 Å². The van der Waals surface area contributed by atoms with Gasteiger partial charge in [0.05, 0.1) is 0 Å². The van der Waals surface area contributed by atoms with Crippen molar-refractivity contribution in [2.24, 2.45) is 11.8 Å². The van der Waals surface area contributed by atoms with Gasteiger partial charge in [0.1, 0.15) is 0 Å². The van der Waals surface area contributed by atoms with E-state index in [1.807, 2.05) is 0 Å². The Morgan fingerprint density at radius 3 is 2.84 bits per heavy atom. The van der Waals surface area contributed by atoms with Crippen LogP contribution in [-0.4, -0.2) is 57.3 Å². The second-order valence-corrected chi connectivity index (χ2v) is 7.22. The summed E-state index contributed by atoms with van der Waals surface area (Å²) in [6.45, 7) is 3.05. The number of ether oxygens (including phenoxy) is 1. The molecule has 0 aromatic rings. The van der Waals surface area contributed by atoms with Gasteiger partial charge in [-0.3, -0.25) is 0 Å². The summed E-state index contributed by atoms with van der Waals surface area (Å²) in [5.74, 6) is 0.558. The Balaban J connectivity index is 1.76. The Labute approximate surface area is 115 Å². The smallest absolute Gasteiger partial charge is 0.279 e. The van der Waals surface area contributed by atoms with E-state index in [9.17, 15) is 8.42 Å². The molecule has 2 saturated heterocycles. The molecule has 7 heteroatoms. The van der Waals surface area contributed by atoms with Crippen LogP contribution in [0.15, 0.2) is 0 Å². The molecular weight excluding hydrogens is 268 g/mol. The second-order valence-electron chi connectivity index (χ2n) is 5.47. The van der Waals surface area contributed by atoms with Crippen molar-refractivity contribution in [2.75, 3.05) is 39.5 Å². The largest absolute Gasteiger partial charge is 0.396 e. The Morgan fingerprint density at radius 1 is 1.32 bits per heavy atom. The summed E-state index contributed by atoms with van der Waals surface area (Å²) in [4.78, 5) is 0.